The lowest BCUT2D eigenvalue weighted by Gasteiger charge is -2.19. The Balaban J connectivity index is 2.29. The molecule has 1 nitrogen and oxygen atoms in total. The maximum atomic E-state index is 10.8. The quantitative estimate of drug-likeness (QED) is 0.555. The number of rotatable bonds is 5. The Bertz CT molecular complexity index is 662. The maximum Gasteiger partial charge on any atom is 0.0968 e. The molecule has 2 heteroatoms. The minimum Gasteiger partial charge on any atom is -0.387 e. The zero-order valence-corrected chi connectivity index (χ0v) is 14.5. The highest BCUT2D eigenvalue weighted by Gasteiger charge is 2.20. The number of hydrogen-bond acceptors (Lipinski definition) is 1. The highest BCUT2D eigenvalue weighted by atomic mass is 35.5. The summed E-state index contributed by atoms with van der Waals surface area (Å²) in [6, 6.07) is 15.5. The molecule has 0 spiro atoms. The first-order valence-electron chi connectivity index (χ1n) is 8.10. The normalized spacial score (nSPS) is 13.0. The van der Waals surface area contributed by atoms with E-state index in [9.17, 15) is 5.11 Å². The van der Waals surface area contributed by atoms with E-state index in [2.05, 4.69) is 37.8 Å². The van der Waals surface area contributed by atoms with Crippen LogP contribution in [-0.2, 0) is 0 Å². The molecule has 0 amide bonds. The van der Waals surface area contributed by atoms with Gasteiger partial charge >= 0.3 is 0 Å². The number of aliphatic hydroxyl groups is 1. The number of halogens is 1. The van der Waals surface area contributed by atoms with Crippen molar-refractivity contribution in [3.05, 3.63) is 70.2 Å². The molecule has 0 heterocycles. The summed E-state index contributed by atoms with van der Waals surface area (Å²) in [5.74, 6) is 6.27. The van der Waals surface area contributed by atoms with Gasteiger partial charge in [-0.05, 0) is 36.6 Å². The number of unbranched alkanes of at least 4 members (excludes halogenated alkanes) is 2. The summed E-state index contributed by atoms with van der Waals surface area (Å²) in [6.45, 7) is 4.21. The second-order valence-electron chi connectivity index (χ2n) is 5.81. The van der Waals surface area contributed by atoms with Crippen molar-refractivity contribution < 1.29 is 5.11 Å². The van der Waals surface area contributed by atoms with E-state index < -0.39 is 6.10 Å². The van der Waals surface area contributed by atoms with Crippen LogP contribution in [0.15, 0.2) is 48.5 Å². The summed E-state index contributed by atoms with van der Waals surface area (Å²) in [5, 5.41) is 11.5. The van der Waals surface area contributed by atoms with Crippen molar-refractivity contribution in [2.24, 2.45) is 0 Å². The zero-order chi connectivity index (χ0) is 16.7. The summed E-state index contributed by atoms with van der Waals surface area (Å²) in [4.78, 5) is 0. The second kappa shape index (κ2) is 8.77. The van der Waals surface area contributed by atoms with Crippen molar-refractivity contribution in [2.45, 2.75) is 45.1 Å². The molecule has 0 fully saturated rings. The zero-order valence-electron chi connectivity index (χ0n) is 13.7. The molecule has 0 bridgehead atoms. The minimum atomic E-state index is -0.663. The molecule has 0 aliphatic rings. The Morgan fingerprint density at radius 3 is 2.22 bits per heavy atom. The molecule has 23 heavy (non-hydrogen) atoms. The molecular formula is C21H23ClO. The Hall–Kier alpha value is -1.75. The standard InChI is InChI=1S/C21H23ClO/c1-3-4-5-6-7-20(17-10-8-16(2)9-11-17)21(23)18-12-14-19(22)15-13-18/h8-15,20-21,23H,3-5H2,1-2H3/t20?,21-/m1/s1. The van der Waals surface area contributed by atoms with Crippen LogP contribution in [-0.4, -0.2) is 5.11 Å². The molecule has 0 saturated carbocycles. The van der Waals surface area contributed by atoms with Crippen LogP contribution in [0.3, 0.4) is 0 Å². The topological polar surface area (TPSA) is 20.2 Å². The van der Waals surface area contributed by atoms with Crippen molar-refractivity contribution in [1.29, 1.82) is 0 Å². The average Bonchev–Trinajstić information content (AvgIpc) is 2.56. The first-order chi connectivity index (χ1) is 11.1. The van der Waals surface area contributed by atoms with Crippen LogP contribution >= 0.6 is 11.6 Å². The van der Waals surface area contributed by atoms with Crippen molar-refractivity contribution in [3.8, 4) is 11.8 Å². The third-order valence-corrected chi connectivity index (χ3v) is 4.13. The van der Waals surface area contributed by atoms with E-state index in [0.29, 0.717) is 5.02 Å². The van der Waals surface area contributed by atoms with Crippen LogP contribution in [0.4, 0.5) is 0 Å². The van der Waals surface area contributed by atoms with Crippen LogP contribution in [0.1, 0.15) is 54.9 Å². The molecule has 1 unspecified atom stereocenters. The summed E-state index contributed by atoms with van der Waals surface area (Å²) in [5.41, 5.74) is 3.08. The molecule has 120 valence electrons. The lowest BCUT2D eigenvalue weighted by molar-refractivity contribution is 0.165. The Kier molecular flexibility index (Phi) is 6.71. The van der Waals surface area contributed by atoms with Crippen LogP contribution in [0.25, 0.3) is 0 Å². The fourth-order valence-electron chi connectivity index (χ4n) is 2.42. The molecule has 2 aromatic carbocycles. The van der Waals surface area contributed by atoms with Gasteiger partial charge in [-0.15, -0.1) is 5.92 Å². The van der Waals surface area contributed by atoms with Crippen LogP contribution in [0.5, 0.6) is 0 Å². The second-order valence-corrected chi connectivity index (χ2v) is 6.25. The molecule has 0 aromatic heterocycles. The molecule has 0 saturated heterocycles. The Morgan fingerprint density at radius 2 is 1.61 bits per heavy atom. The van der Waals surface area contributed by atoms with E-state index in [1.165, 1.54) is 5.56 Å². The summed E-state index contributed by atoms with van der Waals surface area (Å²) in [6.07, 6.45) is 2.42. The van der Waals surface area contributed by atoms with E-state index in [1.807, 2.05) is 24.3 Å². The lowest BCUT2D eigenvalue weighted by Crippen LogP contribution is -2.09. The molecule has 1 N–H and O–H groups in total. The molecular weight excluding hydrogens is 304 g/mol. The van der Waals surface area contributed by atoms with Gasteiger partial charge in [-0.1, -0.05) is 72.8 Å². The van der Waals surface area contributed by atoms with Crippen LogP contribution < -0.4 is 0 Å². The van der Waals surface area contributed by atoms with Crippen LogP contribution in [0, 0.1) is 18.8 Å². The van der Waals surface area contributed by atoms with Gasteiger partial charge in [0, 0.05) is 11.4 Å². The first kappa shape index (κ1) is 17.6. The predicted octanol–water partition coefficient (Wildman–Crippen LogP) is 5.66. The van der Waals surface area contributed by atoms with Crippen molar-refractivity contribution in [3.63, 3.8) is 0 Å². The predicted molar refractivity (Wildman–Crippen MR) is 97.6 cm³/mol. The molecule has 2 atom stereocenters. The average molecular weight is 327 g/mol. The molecule has 0 radical (unpaired) electrons. The first-order valence-corrected chi connectivity index (χ1v) is 8.48. The number of aliphatic hydroxyl groups excluding tert-OH is 1. The summed E-state index contributed by atoms with van der Waals surface area (Å²) < 4.78 is 0. The number of hydrogen-bond donors (Lipinski definition) is 1. The summed E-state index contributed by atoms with van der Waals surface area (Å²) >= 11 is 5.94. The van der Waals surface area contributed by atoms with Gasteiger partial charge in [0.05, 0.1) is 12.0 Å². The van der Waals surface area contributed by atoms with Crippen molar-refractivity contribution in [2.75, 3.05) is 0 Å². The van der Waals surface area contributed by atoms with Gasteiger partial charge in [0.25, 0.3) is 0 Å². The van der Waals surface area contributed by atoms with Gasteiger partial charge in [-0.3, -0.25) is 0 Å². The van der Waals surface area contributed by atoms with E-state index in [0.717, 1.165) is 30.4 Å². The highest BCUT2D eigenvalue weighted by molar-refractivity contribution is 6.30. The highest BCUT2D eigenvalue weighted by Crippen LogP contribution is 2.31. The largest absolute Gasteiger partial charge is 0.387 e. The third-order valence-electron chi connectivity index (χ3n) is 3.88. The smallest absolute Gasteiger partial charge is 0.0968 e. The third kappa shape index (κ3) is 5.13. The van der Waals surface area contributed by atoms with Crippen LogP contribution in [0.2, 0.25) is 5.02 Å². The van der Waals surface area contributed by atoms with Gasteiger partial charge < -0.3 is 5.11 Å². The van der Waals surface area contributed by atoms with Crippen molar-refractivity contribution >= 4 is 11.6 Å². The summed E-state index contributed by atoms with van der Waals surface area (Å²) in [7, 11) is 0. The minimum absolute atomic E-state index is 0.228. The van der Waals surface area contributed by atoms with Gasteiger partial charge in [0.15, 0.2) is 0 Å². The van der Waals surface area contributed by atoms with E-state index in [4.69, 9.17) is 11.6 Å². The molecule has 2 aromatic rings. The lowest BCUT2D eigenvalue weighted by atomic mass is 9.89. The fraction of sp³-hybridized carbons (Fsp3) is 0.333. The molecule has 0 aliphatic heterocycles. The Morgan fingerprint density at radius 1 is 1.00 bits per heavy atom. The monoisotopic (exact) mass is 326 g/mol. The van der Waals surface area contributed by atoms with E-state index in [-0.39, 0.29) is 5.92 Å². The van der Waals surface area contributed by atoms with Crippen molar-refractivity contribution in [1.82, 2.24) is 0 Å². The van der Waals surface area contributed by atoms with Gasteiger partial charge in [0.2, 0.25) is 0 Å². The van der Waals surface area contributed by atoms with E-state index in [1.54, 1.807) is 12.1 Å². The van der Waals surface area contributed by atoms with Gasteiger partial charge in [0.1, 0.15) is 0 Å². The molecule has 0 aliphatic carbocycles. The maximum absolute atomic E-state index is 10.8. The Labute approximate surface area is 144 Å². The molecule has 2 rings (SSSR count). The van der Waals surface area contributed by atoms with Gasteiger partial charge in [-0.25, -0.2) is 0 Å². The number of aryl methyl sites for hydroxylation is 1. The number of benzene rings is 2. The van der Waals surface area contributed by atoms with E-state index >= 15 is 0 Å². The SMILES string of the molecule is CCCCC#CC(c1ccc(C)cc1)[C@H](O)c1ccc(Cl)cc1. The fourth-order valence-corrected chi connectivity index (χ4v) is 2.54. The van der Waals surface area contributed by atoms with Gasteiger partial charge in [-0.2, -0.15) is 0 Å².